The summed E-state index contributed by atoms with van der Waals surface area (Å²) in [4.78, 5) is 0. The highest BCUT2D eigenvalue weighted by Crippen LogP contribution is 2.35. The van der Waals surface area contributed by atoms with Crippen LogP contribution in [0, 0.1) is 19.8 Å². The minimum atomic E-state index is 0.468. The SMILES string of the molecule is CCOc1cc(C)c(CC(C)C2OC2CC)c(C)c1. The van der Waals surface area contributed by atoms with Crippen LogP contribution in [0.2, 0.25) is 0 Å². The second kappa shape index (κ2) is 5.96. The summed E-state index contributed by atoms with van der Waals surface area (Å²) in [6.45, 7) is 11.6. The van der Waals surface area contributed by atoms with E-state index in [1.54, 1.807) is 0 Å². The van der Waals surface area contributed by atoms with E-state index in [-0.39, 0.29) is 0 Å². The van der Waals surface area contributed by atoms with E-state index in [4.69, 9.17) is 9.47 Å². The van der Waals surface area contributed by atoms with E-state index in [2.05, 4.69) is 39.8 Å². The molecule has 0 N–H and O–H groups in total. The van der Waals surface area contributed by atoms with Crippen LogP contribution >= 0.6 is 0 Å². The van der Waals surface area contributed by atoms with Gasteiger partial charge in [0.25, 0.3) is 0 Å². The summed E-state index contributed by atoms with van der Waals surface area (Å²) < 4.78 is 11.3. The molecule has 0 aliphatic carbocycles. The minimum absolute atomic E-state index is 0.468. The Labute approximate surface area is 117 Å². The molecule has 1 aromatic carbocycles. The van der Waals surface area contributed by atoms with Gasteiger partial charge in [-0.3, -0.25) is 0 Å². The van der Waals surface area contributed by atoms with Crippen LogP contribution in [0.3, 0.4) is 0 Å². The quantitative estimate of drug-likeness (QED) is 0.721. The van der Waals surface area contributed by atoms with Crippen LogP contribution in [0.25, 0.3) is 0 Å². The lowest BCUT2D eigenvalue weighted by molar-refractivity contribution is 0.322. The summed E-state index contributed by atoms with van der Waals surface area (Å²) in [5.74, 6) is 1.59. The van der Waals surface area contributed by atoms with Gasteiger partial charge in [-0.25, -0.2) is 0 Å². The van der Waals surface area contributed by atoms with Gasteiger partial charge < -0.3 is 9.47 Å². The van der Waals surface area contributed by atoms with Crippen LogP contribution in [-0.4, -0.2) is 18.8 Å². The molecule has 1 aliphatic rings. The zero-order valence-corrected chi connectivity index (χ0v) is 12.8. The maximum Gasteiger partial charge on any atom is 0.119 e. The number of benzene rings is 1. The lowest BCUT2D eigenvalue weighted by atomic mass is 9.90. The molecule has 106 valence electrons. The van der Waals surface area contributed by atoms with Crippen molar-refractivity contribution in [1.82, 2.24) is 0 Å². The molecule has 2 nitrogen and oxygen atoms in total. The van der Waals surface area contributed by atoms with Crippen molar-refractivity contribution in [2.75, 3.05) is 6.61 Å². The van der Waals surface area contributed by atoms with E-state index in [1.165, 1.54) is 16.7 Å². The first kappa shape index (κ1) is 14.4. The lowest BCUT2D eigenvalue weighted by Crippen LogP contribution is -2.12. The third-order valence-electron chi connectivity index (χ3n) is 4.09. The van der Waals surface area contributed by atoms with Crippen LogP contribution in [0.15, 0.2) is 12.1 Å². The molecule has 1 saturated heterocycles. The molecule has 0 spiro atoms. The highest BCUT2D eigenvalue weighted by atomic mass is 16.6. The monoisotopic (exact) mass is 262 g/mol. The van der Waals surface area contributed by atoms with E-state index in [0.29, 0.717) is 18.1 Å². The normalized spacial score (nSPS) is 23.2. The Kier molecular flexibility index (Phi) is 4.51. The van der Waals surface area contributed by atoms with Crippen molar-refractivity contribution in [3.05, 3.63) is 28.8 Å². The highest BCUT2D eigenvalue weighted by Gasteiger charge is 2.41. The first-order valence-corrected chi connectivity index (χ1v) is 7.45. The molecular formula is C17H26O2. The Morgan fingerprint density at radius 1 is 1.21 bits per heavy atom. The van der Waals surface area contributed by atoms with Crippen molar-refractivity contribution < 1.29 is 9.47 Å². The van der Waals surface area contributed by atoms with E-state index >= 15 is 0 Å². The average molecular weight is 262 g/mol. The molecule has 0 saturated carbocycles. The molecule has 1 fully saturated rings. The fraction of sp³-hybridized carbons (Fsp3) is 0.647. The van der Waals surface area contributed by atoms with E-state index in [1.807, 2.05) is 6.92 Å². The summed E-state index contributed by atoms with van der Waals surface area (Å²) in [7, 11) is 0. The van der Waals surface area contributed by atoms with Crippen molar-refractivity contribution in [3.63, 3.8) is 0 Å². The van der Waals surface area contributed by atoms with Crippen molar-refractivity contribution in [3.8, 4) is 5.75 Å². The van der Waals surface area contributed by atoms with Gasteiger partial charge in [0.05, 0.1) is 18.8 Å². The third-order valence-corrected chi connectivity index (χ3v) is 4.09. The Morgan fingerprint density at radius 2 is 1.84 bits per heavy atom. The number of aryl methyl sites for hydroxylation is 2. The van der Waals surface area contributed by atoms with Gasteiger partial charge >= 0.3 is 0 Å². The van der Waals surface area contributed by atoms with Crippen LogP contribution in [0.5, 0.6) is 5.75 Å². The molecule has 0 amide bonds. The molecule has 2 heteroatoms. The fourth-order valence-electron chi connectivity index (χ4n) is 2.95. The zero-order chi connectivity index (χ0) is 14.0. The average Bonchev–Trinajstić information content (AvgIpc) is 3.13. The van der Waals surface area contributed by atoms with Gasteiger partial charge in [-0.2, -0.15) is 0 Å². The fourth-order valence-corrected chi connectivity index (χ4v) is 2.95. The van der Waals surface area contributed by atoms with E-state index < -0.39 is 0 Å². The molecule has 0 bridgehead atoms. The van der Waals surface area contributed by atoms with Gasteiger partial charge in [0.1, 0.15) is 5.75 Å². The maximum absolute atomic E-state index is 5.72. The van der Waals surface area contributed by atoms with Crippen LogP contribution in [0.1, 0.15) is 43.9 Å². The Morgan fingerprint density at radius 3 is 2.32 bits per heavy atom. The van der Waals surface area contributed by atoms with Gasteiger partial charge in [0.2, 0.25) is 0 Å². The minimum Gasteiger partial charge on any atom is -0.494 e. The highest BCUT2D eigenvalue weighted by molar-refractivity contribution is 5.41. The molecule has 3 atom stereocenters. The van der Waals surface area contributed by atoms with Crippen LogP contribution < -0.4 is 4.74 Å². The van der Waals surface area contributed by atoms with Crippen LogP contribution in [-0.2, 0) is 11.2 Å². The van der Waals surface area contributed by atoms with Gasteiger partial charge in [0, 0.05) is 0 Å². The summed E-state index contributed by atoms with van der Waals surface area (Å²) in [6, 6.07) is 4.31. The topological polar surface area (TPSA) is 21.8 Å². The lowest BCUT2D eigenvalue weighted by Gasteiger charge is -2.16. The summed E-state index contributed by atoms with van der Waals surface area (Å²) >= 11 is 0. The van der Waals surface area contributed by atoms with Gasteiger partial charge in [-0.1, -0.05) is 13.8 Å². The number of hydrogen-bond donors (Lipinski definition) is 0. The molecule has 1 aromatic rings. The molecular weight excluding hydrogens is 236 g/mol. The number of epoxide rings is 1. The van der Waals surface area contributed by atoms with E-state index in [0.717, 1.165) is 25.2 Å². The molecule has 0 aromatic heterocycles. The van der Waals surface area contributed by atoms with Crippen LogP contribution in [0.4, 0.5) is 0 Å². The second-order valence-corrected chi connectivity index (χ2v) is 5.70. The second-order valence-electron chi connectivity index (χ2n) is 5.70. The summed E-state index contributed by atoms with van der Waals surface area (Å²) in [6.07, 6.45) is 3.20. The smallest absolute Gasteiger partial charge is 0.119 e. The molecule has 2 rings (SSSR count). The number of rotatable bonds is 6. The molecule has 1 aliphatic heterocycles. The molecule has 1 heterocycles. The molecule has 3 unspecified atom stereocenters. The maximum atomic E-state index is 5.72. The summed E-state index contributed by atoms with van der Waals surface area (Å²) in [5, 5.41) is 0. The summed E-state index contributed by atoms with van der Waals surface area (Å²) in [5.41, 5.74) is 4.13. The molecule has 19 heavy (non-hydrogen) atoms. The van der Waals surface area contributed by atoms with Crippen molar-refractivity contribution >= 4 is 0 Å². The predicted octanol–water partition coefficient (Wildman–Crippen LogP) is 4.06. The van der Waals surface area contributed by atoms with Gasteiger partial charge in [-0.05, 0) is 68.4 Å². The van der Waals surface area contributed by atoms with Crippen molar-refractivity contribution in [2.45, 2.75) is 59.7 Å². The predicted molar refractivity (Wildman–Crippen MR) is 78.9 cm³/mol. The Balaban J connectivity index is 2.08. The number of hydrogen-bond acceptors (Lipinski definition) is 2. The van der Waals surface area contributed by atoms with E-state index in [9.17, 15) is 0 Å². The Bertz CT molecular complexity index is 416. The largest absolute Gasteiger partial charge is 0.494 e. The van der Waals surface area contributed by atoms with Gasteiger partial charge in [-0.15, -0.1) is 0 Å². The zero-order valence-electron chi connectivity index (χ0n) is 12.8. The van der Waals surface area contributed by atoms with Crippen molar-refractivity contribution in [2.24, 2.45) is 5.92 Å². The third kappa shape index (κ3) is 3.30. The standard InChI is InChI=1S/C17H26O2/c1-6-16-17(19-16)13(5)10-15-11(3)8-14(18-7-2)9-12(15)4/h8-9,13,16-17H,6-7,10H2,1-5H3. The van der Waals surface area contributed by atoms with Gasteiger partial charge in [0.15, 0.2) is 0 Å². The molecule has 0 radical (unpaired) electrons. The Hall–Kier alpha value is -1.02. The van der Waals surface area contributed by atoms with Crippen molar-refractivity contribution in [1.29, 1.82) is 0 Å². The first-order chi connectivity index (χ1) is 9.06. The first-order valence-electron chi connectivity index (χ1n) is 7.45. The number of ether oxygens (including phenoxy) is 2.